The molecule has 2 heterocycles. The highest BCUT2D eigenvalue weighted by atomic mass is 35.5. The van der Waals surface area contributed by atoms with E-state index in [-0.39, 0.29) is 30.7 Å². The van der Waals surface area contributed by atoms with Crippen LogP contribution in [0.3, 0.4) is 0 Å². The number of nitrogens with zero attached hydrogens (tertiary/aromatic N) is 4. The quantitative estimate of drug-likeness (QED) is 0.676. The molecule has 1 aromatic carbocycles. The number of piperazine rings is 1. The molecule has 1 aliphatic heterocycles. The van der Waals surface area contributed by atoms with Crippen molar-refractivity contribution in [1.82, 2.24) is 19.6 Å². The third kappa shape index (κ3) is 5.19. The molecule has 1 saturated heterocycles. The Morgan fingerprint density at radius 2 is 1.93 bits per heavy atom. The normalized spacial score (nSPS) is 16.3. The Bertz CT molecular complexity index is 893. The minimum atomic E-state index is -0.497. The fraction of sp³-hybridized carbons (Fsp3) is 0.476. The number of rotatable bonds is 7. The number of halogens is 1. The summed E-state index contributed by atoms with van der Waals surface area (Å²) in [5.74, 6) is -0.329. The molecule has 0 radical (unpaired) electrons. The first-order chi connectivity index (χ1) is 14.4. The average Bonchev–Trinajstić information content (AvgIpc) is 3.09. The molecule has 0 saturated carbocycles. The fourth-order valence-corrected chi connectivity index (χ4v) is 3.93. The van der Waals surface area contributed by atoms with E-state index in [1.807, 2.05) is 18.2 Å². The van der Waals surface area contributed by atoms with Crippen LogP contribution in [0.5, 0.6) is 0 Å². The minimum Gasteiger partial charge on any atom is -0.462 e. The number of carbonyl (C=O) groups is 2. The van der Waals surface area contributed by atoms with Crippen LogP contribution < -0.4 is 5.32 Å². The van der Waals surface area contributed by atoms with Crippen molar-refractivity contribution >= 4 is 29.3 Å². The number of hydrogen-bond donors (Lipinski definition) is 1. The lowest BCUT2D eigenvalue weighted by molar-refractivity contribution is -0.117. The monoisotopic (exact) mass is 433 g/mol. The van der Waals surface area contributed by atoms with Crippen LogP contribution in [-0.2, 0) is 16.6 Å². The van der Waals surface area contributed by atoms with E-state index < -0.39 is 5.97 Å². The SMILES string of the molecule is CCOC(=O)c1cnn(C)c1NC(=O)CN1CCN(C(C)c2ccccc2Cl)CC1. The maximum Gasteiger partial charge on any atom is 0.343 e. The van der Waals surface area contributed by atoms with Gasteiger partial charge in [0.2, 0.25) is 5.91 Å². The number of esters is 1. The third-order valence-electron chi connectivity index (χ3n) is 5.37. The highest BCUT2D eigenvalue weighted by Gasteiger charge is 2.25. The second kappa shape index (κ2) is 10.1. The fourth-order valence-electron chi connectivity index (χ4n) is 3.64. The summed E-state index contributed by atoms with van der Waals surface area (Å²) in [4.78, 5) is 29.1. The summed E-state index contributed by atoms with van der Waals surface area (Å²) in [5, 5.41) is 7.63. The van der Waals surface area contributed by atoms with Crippen LogP contribution in [0.15, 0.2) is 30.5 Å². The van der Waals surface area contributed by atoms with Gasteiger partial charge in [-0.25, -0.2) is 4.79 Å². The van der Waals surface area contributed by atoms with Crippen molar-refractivity contribution in [1.29, 1.82) is 0 Å². The summed E-state index contributed by atoms with van der Waals surface area (Å²) < 4.78 is 6.49. The number of hydrogen-bond acceptors (Lipinski definition) is 6. The van der Waals surface area contributed by atoms with Crippen molar-refractivity contribution in [3.63, 3.8) is 0 Å². The Morgan fingerprint density at radius 1 is 1.23 bits per heavy atom. The molecule has 0 spiro atoms. The van der Waals surface area contributed by atoms with E-state index in [1.54, 1.807) is 14.0 Å². The molecule has 8 nitrogen and oxygen atoms in total. The molecule has 9 heteroatoms. The molecule has 1 atom stereocenters. The van der Waals surface area contributed by atoms with E-state index in [4.69, 9.17) is 16.3 Å². The van der Waals surface area contributed by atoms with Crippen LogP contribution in [0.2, 0.25) is 5.02 Å². The number of aromatic nitrogens is 2. The number of amides is 1. The van der Waals surface area contributed by atoms with Gasteiger partial charge in [-0.3, -0.25) is 19.3 Å². The molecule has 30 heavy (non-hydrogen) atoms. The van der Waals surface area contributed by atoms with Gasteiger partial charge in [0.25, 0.3) is 0 Å². The first-order valence-corrected chi connectivity index (χ1v) is 10.5. The van der Waals surface area contributed by atoms with Crippen molar-refractivity contribution in [3.8, 4) is 0 Å². The zero-order valence-corrected chi connectivity index (χ0v) is 18.4. The van der Waals surface area contributed by atoms with Crippen molar-refractivity contribution in [2.24, 2.45) is 7.05 Å². The predicted molar refractivity (Wildman–Crippen MR) is 116 cm³/mol. The van der Waals surface area contributed by atoms with Gasteiger partial charge in [0.15, 0.2) is 0 Å². The topological polar surface area (TPSA) is 79.7 Å². The molecular weight excluding hydrogens is 406 g/mol. The van der Waals surface area contributed by atoms with Crippen molar-refractivity contribution < 1.29 is 14.3 Å². The molecular formula is C21H28ClN5O3. The number of carbonyl (C=O) groups excluding carboxylic acids is 2. The Labute approximate surface area is 181 Å². The largest absolute Gasteiger partial charge is 0.462 e. The van der Waals surface area contributed by atoms with Crippen molar-refractivity contribution in [2.75, 3.05) is 44.6 Å². The van der Waals surface area contributed by atoms with Gasteiger partial charge >= 0.3 is 5.97 Å². The molecule has 0 bridgehead atoms. The summed E-state index contributed by atoms with van der Waals surface area (Å²) in [7, 11) is 1.67. The maximum absolute atomic E-state index is 12.6. The number of benzene rings is 1. The Morgan fingerprint density at radius 3 is 2.60 bits per heavy atom. The first kappa shape index (κ1) is 22.3. The number of anilines is 1. The van der Waals surface area contributed by atoms with Gasteiger partial charge in [-0.15, -0.1) is 0 Å². The van der Waals surface area contributed by atoms with Crippen LogP contribution in [-0.4, -0.2) is 70.8 Å². The summed E-state index contributed by atoms with van der Waals surface area (Å²) in [6.45, 7) is 7.65. The van der Waals surface area contributed by atoms with Gasteiger partial charge in [0.05, 0.1) is 19.3 Å². The summed E-state index contributed by atoms with van der Waals surface area (Å²) in [5.41, 5.74) is 1.37. The highest BCUT2D eigenvalue weighted by Crippen LogP contribution is 2.27. The summed E-state index contributed by atoms with van der Waals surface area (Å²) in [6.07, 6.45) is 1.41. The Balaban J connectivity index is 1.53. The molecule has 1 aromatic heterocycles. The van der Waals surface area contributed by atoms with Gasteiger partial charge < -0.3 is 10.1 Å². The zero-order valence-electron chi connectivity index (χ0n) is 17.6. The van der Waals surface area contributed by atoms with Crippen LogP contribution in [0.4, 0.5) is 5.82 Å². The molecule has 1 fully saturated rings. The zero-order chi connectivity index (χ0) is 21.7. The van der Waals surface area contributed by atoms with Crippen LogP contribution in [0.25, 0.3) is 0 Å². The van der Waals surface area contributed by atoms with Gasteiger partial charge in [0.1, 0.15) is 11.4 Å². The van der Waals surface area contributed by atoms with E-state index in [0.29, 0.717) is 5.82 Å². The minimum absolute atomic E-state index is 0.184. The predicted octanol–water partition coefficient (Wildman–Crippen LogP) is 2.57. The van der Waals surface area contributed by atoms with Gasteiger partial charge in [-0.1, -0.05) is 29.8 Å². The van der Waals surface area contributed by atoms with Crippen molar-refractivity contribution in [3.05, 3.63) is 46.6 Å². The van der Waals surface area contributed by atoms with E-state index in [9.17, 15) is 9.59 Å². The molecule has 2 aromatic rings. The number of nitrogens with one attached hydrogen (secondary N) is 1. The lowest BCUT2D eigenvalue weighted by atomic mass is 10.1. The lowest BCUT2D eigenvalue weighted by Gasteiger charge is -2.38. The Hall–Kier alpha value is -2.42. The van der Waals surface area contributed by atoms with Gasteiger partial charge in [0, 0.05) is 44.3 Å². The van der Waals surface area contributed by atoms with E-state index in [0.717, 1.165) is 36.8 Å². The van der Waals surface area contributed by atoms with Gasteiger partial charge in [-0.05, 0) is 25.5 Å². The molecule has 162 valence electrons. The molecule has 1 aliphatic rings. The van der Waals surface area contributed by atoms with Crippen molar-refractivity contribution in [2.45, 2.75) is 19.9 Å². The standard InChI is InChI=1S/C21H28ClN5O3/c1-4-30-21(29)17-13-23-25(3)20(17)24-19(28)14-26-9-11-27(12-10-26)15(2)16-7-5-6-8-18(16)22/h5-8,13,15H,4,9-12,14H2,1-3H3,(H,24,28). The lowest BCUT2D eigenvalue weighted by Crippen LogP contribution is -2.49. The van der Waals surface area contributed by atoms with E-state index in [1.165, 1.54) is 10.9 Å². The van der Waals surface area contributed by atoms with Crippen LogP contribution >= 0.6 is 11.6 Å². The highest BCUT2D eigenvalue weighted by molar-refractivity contribution is 6.31. The van der Waals surface area contributed by atoms with Crippen LogP contribution in [0.1, 0.15) is 35.8 Å². The van der Waals surface area contributed by atoms with E-state index in [2.05, 4.69) is 33.2 Å². The second-order valence-corrected chi connectivity index (χ2v) is 7.72. The molecule has 0 aliphatic carbocycles. The molecule has 1 unspecified atom stereocenters. The summed E-state index contributed by atoms with van der Waals surface area (Å²) >= 11 is 6.34. The molecule has 1 amide bonds. The molecule has 3 rings (SSSR count). The number of ether oxygens (including phenoxy) is 1. The molecule has 1 N–H and O–H groups in total. The average molecular weight is 434 g/mol. The van der Waals surface area contributed by atoms with Gasteiger partial charge in [-0.2, -0.15) is 5.10 Å². The summed E-state index contributed by atoms with van der Waals surface area (Å²) in [6, 6.07) is 8.13. The van der Waals surface area contributed by atoms with E-state index >= 15 is 0 Å². The van der Waals surface area contributed by atoms with Crippen LogP contribution in [0, 0.1) is 0 Å². The number of aryl methyl sites for hydroxylation is 1. The second-order valence-electron chi connectivity index (χ2n) is 7.31. The smallest absolute Gasteiger partial charge is 0.343 e. The maximum atomic E-state index is 12.6. The third-order valence-corrected chi connectivity index (χ3v) is 5.71. The Kier molecular flexibility index (Phi) is 7.47. The first-order valence-electron chi connectivity index (χ1n) is 10.1.